The molecule has 0 spiro atoms. The van der Waals surface area contributed by atoms with Gasteiger partial charge < -0.3 is 20.9 Å². The van der Waals surface area contributed by atoms with E-state index in [4.69, 9.17) is 5.73 Å². The quantitative estimate of drug-likeness (QED) is 0.391. The van der Waals surface area contributed by atoms with E-state index in [2.05, 4.69) is 25.6 Å². The number of carbonyl (C=O) groups is 2. The number of hydrogen-bond acceptors (Lipinski definition) is 6. The number of fused-ring (bicyclic) bond motifs is 1. The van der Waals surface area contributed by atoms with Gasteiger partial charge in [-0.2, -0.15) is 0 Å². The molecule has 1 aromatic carbocycles. The van der Waals surface area contributed by atoms with Crippen LogP contribution < -0.4 is 16.4 Å². The van der Waals surface area contributed by atoms with Crippen molar-refractivity contribution in [1.29, 1.82) is 0 Å². The number of carbonyl (C=O) groups excluding carboxylic acids is 2. The zero-order chi connectivity index (χ0) is 23.7. The summed E-state index contributed by atoms with van der Waals surface area (Å²) in [6, 6.07) is 3.32. The topological polar surface area (TPSA) is 128 Å². The highest BCUT2D eigenvalue weighted by Gasteiger charge is 2.22. The smallest absolute Gasteiger partial charge is 0.323 e. The van der Waals surface area contributed by atoms with Crippen LogP contribution in [0.4, 0.5) is 30.8 Å². The molecule has 11 heteroatoms. The third-order valence-corrected chi connectivity index (χ3v) is 4.82. The molecule has 168 valence electrons. The van der Waals surface area contributed by atoms with Gasteiger partial charge in [0.15, 0.2) is 5.78 Å². The summed E-state index contributed by atoms with van der Waals surface area (Å²) in [6.45, 7) is 3.89. The second-order valence-electron chi connectivity index (χ2n) is 7.53. The summed E-state index contributed by atoms with van der Waals surface area (Å²) in [4.78, 5) is 37.8. The predicted octanol–water partition coefficient (Wildman–Crippen LogP) is 4.14. The number of nitrogens with zero attached hydrogens (tertiary/aromatic N) is 4. The molecule has 0 saturated heterocycles. The van der Waals surface area contributed by atoms with Gasteiger partial charge in [-0.15, -0.1) is 0 Å². The molecule has 0 aliphatic heterocycles. The Hall–Kier alpha value is -4.41. The van der Waals surface area contributed by atoms with Crippen LogP contribution in [0.25, 0.3) is 11.0 Å². The molecule has 0 fully saturated rings. The Labute approximate surface area is 186 Å². The van der Waals surface area contributed by atoms with Crippen LogP contribution in [-0.2, 0) is 0 Å². The van der Waals surface area contributed by atoms with Crippen LogP contribution in [0.5, 0.6) is 0 Å². The third kappa shape index (κ3) is 4.47. The molecule has 0 unspecified atom stereocenters. The zero-order valence-electron chi connectivity index (χ0n) is 17.6. The number of anilines is 3. The summed E-state index contributed by atoms with van der Waals surface area (Å²) < 4.78 is 28.5. The number of hydrogen-bond donors (Lipinski definition) is 3. The molecule has 4 aromatic rings. The van der Waals surface area contributed by atoms with Crippen molar-refractivity contribution in [1.82, 2.24) is 19.5 Å². The SMILES string of the molecule is CC(C)n1cc(C(=O)c2cncc(NC(=O)Nc3cc(F)cc(F)c3)c2)c2c(N)ncnc21. The minimum Gasteiger partial charge on any atom is -0.383 e. The fourth-order valence-corrected chi connectivity index (χ4v) is 3.38. The number of benzene rings is 1. The lowest BCUT2D eigenvalue weighted by Gasteiger charge is -2.09. The van der Waals surface area contributed by atoms with E-state index in [9.17, 15) is 18.4 Å². The van der Waals surface area contributed by atoms with E-state index in [1.165, 1.54) is 24.8 Å². The Morgan fingerprint density at radius 1 is 1.00 bits per heavy atom. The number of pyridine rings is 1. The van der Waals surface area contributed by atoms with Gasteiger partial charge >= 0.3 is 6.03 Å². The number of urea groups is 1. The van der Waals surface area contributed by atoms with Crippen LogP contribution >= 0.6 is 0 Å². The van der Waals surface area contributed by atoms with E-state index in [0.29, 0.717) is 22.7 Å². The van der Waals surface area contributed by atoms with E-state index < -0.39 is 17.7 Å². The number of halogens is 2. The Morgan fingerprint density at radius 3 is 2.39 bits per heavy atom. The molecule has 2 amide bonds. The highest BCUT2D eigenvalue weighted by molar-refractivity contribution is 6.18. The van der Waals surface area contributed by atoms with Gasteiger partial charge in [-0.25, -0.2) is 23.5 Å². The molecule has 4 N–H and O–H groups in total. The molecule has 4 rings (SSSR count). The van der Waals surface area contributed by atoms with Crippen molar-refractivity contribution in [3.05, 3.63) is 71.9 Å². The monoisotopic (exact) mass is 451 g/mol. The third-order valence-electron chi connectivity index (χ3n) is 4.82. The molecule has 0 atom stereocenters. The van der Waals surface area contributed by atoms with Crippen LogP contribution in [0.2, 0.25) is 0 Å². The fraction of sp³-hybridized carbons (Fsp3) is 0.136. The molecular formula is C22H19F2N7O2. The van der Waals surface area contributed by atoms with Crippen LogP contribution in [0.3, 0.4) is 0 Å². The number of amides is 2. The number of ketones is 1. The molecular weight excluding hydrogens is 432 g/mol. The van der Waals surface area contributed by atoms with Gasteiger partial charge in [0, 0.05) is 35.8 Å². The first-order chi connectivity index (χ1) is 15.7. The Balaban J connectivity index is 1.60. The van der Waals surface area contributed by atoms with Crippen molar-refractivity contribution >= 4 is 40.0 Å². The van der Waals surface area contributed by atoms with Gasteiger partial charge in [-0.05, 0) is 32.0 Å². The normalized spacial score (nSPS) is 11.1. The van der Waals surface area contributed by atoms with E-state index in [-0.39, 0.29) is 34.6 Å². The van der Waals surface area contributed by atoms with Gasteiger partial charge in [-0.3, -0.25) is 9.78 Å². The predicted molar refractivity (Wildman–Crippen MR) is 119 cm³/mol. The molecule has 0 saturated carbocycles. The van der Waals surface area contributed by atoms with Crippen LogP contribution in [-0.4, -0.2) is 31.3 Å². The van der Waals surface area contributed by atoms with Crippen molar-refractivity contribution in [3.63, 3.8) is 0 Å². The molecule has 33 heavy (non-hydrogen) atoms. The average Bonchev–Trinajstić information content (AvgIpc) is 3.14. The van der Waals surface area contributed by atoms with E-state index in [0.717, 1.165) is 12.1 Å². The van der Waals surface area contributed by atoms with Gasteiger partial charge in [0.2, 0.25) is 0 Å². The van der Waals surface area contributed by atoms with Crippen molar-refractivity contribution in [2.24, 2.45) is 0 Å². The van der Waals surface area contributed by atoms with Crippen molar-refractivity contribution in [2.75, 3.05) is 16.4 Å². The summed E-state index contributed by atoms with van der Waals surface area (Å²) in [5.74, 6) is -1.87. The van der Waals surface area contributed by atoms with E-state index in [1.807, 2.05) is 18.4 Å². The van der Waals surface area contributed by atoms with Crippen LogP contribution in [0.1, 0.15) is 35.8 Å². The highest BCUT2D eigenvalue weighted by atomic mass is 19.1. The summed E-state index contributed by atoms with van der Waals surface area (Å²) in [7, 11) is 0. The lowest BCUT2D eigenvalue weighted by molar-refractivity contribution is 0.103. The van der Waals surface area contributed by atoms with E-state index in [1.54, 1.807) is 6.20 Å². The average molecular weight is 451 g/mol. The molecule has 3 aromatic heterocycles. The number of rotatable bonds is 5. The van der Waals surface area contributed by atoms with Gasteiger partial charge in [0.25, 0.3) is 0 Å². The van der Waals surface area contributed by atoms with Crippen molar-refractivity contribution in [2.45, 2.75) is 19.9 Å². The minimum atomic E-state index is -0.830. The second-order valence-corrected chi connectivity index (χ2v) is 7.53. The molecule has 0 radical (unpaired) electrons. The van der Waals surface area contributed by atoms with Gasteiger partial charge in [0.05, 0.1) is 22.8 Å². The van der Waals surface area contributed by atoms with Crippen molar-refractivity contribution < 1.29 is 18.4 Å². The standard InChI is InChI=1S/C22H19F2N7O2/c1-11(2)31-9-17(18-20(25)27-10-28-21(18)31)19(32)12-3-16(8-26-7-12)30-22(33)29-15-5-13(23)4-14(24)6-15/h3-11H,1-2H3,(H2,25,27,28)(H2,29,30,33). The van der Waals surface area contributed by atoms with Crippen molar-refractivity contribution in [3.8, 4) is 0 Å². The summed E-state index contributed by atoms with van der Waals surface area (Å²) >= 11 is 0. The Morgan fingerprint density at radius 2 is 1.70 bits per heavy atom. The number of aromatic nitrogens is 4. The maximum atomic E-state index is 13.3. The summed E-state index contributed by atoms with van der Waals surface area (Å²) in [5, 5.41) is 5.24. The maximum absolute atomic E-state index is 13.3. The molecule has 3 heterocycles. The van der Waals surface area contributed by atoms with Crippen LogP contribution in [0.15, 0.2) is 49.2 Å². The summed E-state index contributed by atoms with van der Waals surface area (Å²) in [5.41, 5.74) is 7.18. The molecule has 0 bridgehead atoms. The Bertz CT molecular complexity index is 1360. The lowest BCUT2D eigenvalue weighted by atomic mass is 10.1. The van der Waals surface area contributed by atoms with Crippen LogP contribution in [0, 0.1) is 11.6 Å². The number of nitrogen functional groups attached to an aromatic ring is 1. The minimum absolute atomic E-state index is 0.0193. The Kier molecular flexibility index (Phi) is 5.69. The highest BCUT2D eigenvalue weighted by Crippen LogP contribution is 2.28. The number of nitrogens with two attached hydrogens (primary N) is 1. The maximum Gasteiger partial charge on any atom is 0.323 e. The lowest BCUT2D eigenvalue weighted by Crippen LogP contribution is -2.20. The number of nitrogens with one attached hydrogen (secondary N) is 2. The summed E-state index contributed by atoms with van der Waals surface area (Å²) in [6.07, 6.45) is 5.68. The first-order valence-electron chi connectivity index (χ1n) is 9.88. The largest absolute Gasteiger partial charge is 0.383 e. The fourth-order valence-electron chi connectivity index (χ4n) is 3.38. The zero-order valence-corrected chi connectivity index (χ0v) is 17.6. The first kappa shape index (κ1) is 21.8. The van der Waals surface area contributed by atoms with Gasteiger partial charge in [-0.1, -0.05) is 0 Å². The molecule has 9 nitrogen and oxygen atoms in total. The first-order valence-corrected chi connectivity index (χ1v) is 9.88. The molecule has 0 aliphatic rings. The van der Waals surface area contributed by atoms with E-state index >= 15 is 0 Å². The van der Waals surface area contributed by atoms with Gasteiger partial charge in [0.1, 0.15) is 29.4 Å². The second kappa shape index (κ2) is 8.61. The molecule has 0 aliphatic carbocycles.